The SMILES string of the molecule is C#CCCNC(c1ccco1)c1nccn1C. The number of terminal acetylenes is 1. The van der Waals surface area contributed by atoms with Gasteiger partial charge in [-0.3, -0.25) is 0 Å². The summed E-state index contributed by atoms with van der Waals surface area (Å²) < 4.78 is 7.41. The second-order valence-electron chi connectivity index (χ2n) is 3.75. The van der Waals surface area contributed by atoms with Gasteiger partial charge in [0.25, 0.3) is 0 Å². The Bertz CT molecular complexity index is 493. The fourth-order valence-electron chi connectivity index (χ4n) is 1.72. The summed E-state index contributed by atoms with van der Waals surface area (Å²) in [6.07, 6.45) is 11.3. The minimum Gasteiger partial charge on any atom is -0.467 e. The van der Waals surface area contributed by atoms with Gasteiger partial charge >= 0.3 is 0 Å². The molecule has 2 aromatic rings. The normalized spacial score (nSPS) is 12.2. The van der Waals surface area contributed by atoms with Crippen molar-refractivity contribution in [3.63, 3.8) is 0 Å². The highest BCUT2D eigenvalue weighted by molar-refractivity contribution is 5.15. The van der Waals surface area contributed by atoms with E-state index in [0.717, 1.165) is 18.1 Å². The van der Waals surface area contributed by atoms with Gasteiger partial charge in [-0.15, -0.1) is 12.3 Å². The number of hydrogen-bond acceptors (Lipinski definition) is 3. The van der Waals surface area contributed by atoms with E-state index < -0.39 is 0 Å². The topological polar surface area (TPSA) is 43.0 Å². The first-order valence-electron chi connectivity index (χ1n) is 5.50. The Labute approximate surface area is 101 Å². The van der Waals surface area contributed by atoms with Crippen LogP contribution in [0.4, 0.5) is 0 Å². The van der Waals surface area contributed by atoms with E-state index in [0.29, 0.717) is 6.42 Å². The van der Waals surface area contributed by atoms with Crippen LogP contribution in [0.15, 0.2) is 35.2 Å². The van der Waals surface area contributed by atoms with Crippen LogP contribution in [0.1, 0.15) is 24.0 Å². The molecule has 2 aromatic heterocycles. The minimum absolute atomic E-state index is 0.0571. The maximum Gasteiger partial charge on any atom is 0.133 e. The van der Waals surface area contributed by atoms with Crippen molar-refractivity contribution in [3.05, 3.63) is 42.4 Å². The molecule has 1 unspecified atom stereocenters. The van der Waals surface area contributed by atoms with Crippen LogP contribution in [-0.2, 0) is 7.05 Å². The van der Waals surface area contributed by atoms with Crippen molar-refractivity contribution in [1.29, 1.82) is 0 Å². The van der Waals surface area contributed by atoms with Crippen LogP contribution in [0.3, 0.4) is 0 Å². The summed E-state index contributed by atoms with van der Waals surface area (Å²) in [7, 11) is 1.96. The predicted octanol–water partition coefficient (Wildman–Crippen LogP) is 1.72. The number of aryl methyl sites for hydroxylation is 1. The Morgan fingerprint density at radius 1 is 1.65 bits per heavy atom. The van der Waals surface area contributed by atoms with E-state index in [4.69, 9.17) is 10.8 Å². The first-order chi connectivity index (χ1) is 8.33. The van der Waals surface area contributed by atoms with E-state index in [2.05, 4.69) is 16.2 Å². The quantitative estimate of drug-likeness (QED) is 0.627. The molecule has 17 heavy (non-hydrogen) atoms. The molecule has 0 amide bonds. The molecule has 0 fully saturated rings. The average molecular weight is 229 g/mol. The fraction of sp³-hybridized carbons (Fsp3) is 0.308. The van der Waals surface area contributed by atoms with E-state index in [-0.39, 0.29) is 6.04 Å². The van der Waals surface area contributed by atoms with Crippen molar-refractivity contribution in [2.75, 3.05) is 6.54 Å². The monoisotopic (exact) mass is 229 g/mol. The van der Waals surface area contributed by atoms with Crippen LogP contribution in [0, 0.1) is 12.3 Å². The van der Waals surface area contributed by atoms with E-state index in [9.17, 15) is 0 Å². The summed E-state index contributed by atoms with van der Waals surface area (Å²) in [6.45, 7) is 0.731. The number of aromatic nitrogens is 2. The maximum atomic E-state index is 5.44. The van der Waals surface area contributed by atoms with Crippen molar-refractivity contribution >= 4 is 0 Å². The van der Waals surface area contributed by atoms with E-state index in [1.807, 2.05) is 29.9 Å². The lowest BCUT2D eigenvalue weighted by Gasteiger charge is -2.15. The summed E-state index contributed by atoms with van der Waals surface area (Å²) >= 11 is 0. The third-order valence-electron chi connectivity index (χ3n) is 2.56. The molecule has 0 spiro atoms. The number of nitrogens with zero attached hydrogens (tertiary/aromatic N) is 2. The number of nitrogens with one attached hydrogen (secondary N) is 1. The van der Waals surface area contributed by atoms with Crippen molar-refractivity contribution in [2.45, 2.75) is 12.5 Å². The van der Waals surface area contributed by atoms with Gasteiger partial charge in [-0.2, -0.15) is 0 Å². The van der Waals surface area contributed by atoms with Gasteiger partial charge in [0.15, 0.2) is 0 Å². The summed E-state index contributed by atoms with van der Waals surface area (Å²) in [6, 6.07) is 3.74. The highest BCUT2D eigenvalue weighted by Crippen LogP contribution is 2.20. The fourth-order valence-corrected chi connectivity index (χ4v) is 1.72. The molecule has 0 aliphatic rings. The lowest BCUT2D eigenvalue weighted by Crippen LogP contribution is -2.25. The molecule has 2 rings (SSSR count). The Kier molecular flexibility index (Phi) is 3.63. The summed E-state index contributed by atoms with van der Waals surface area (Å²) in [5.41, 5.74) is 0. The third kappa shape index (κ3) is 2.58. The maximum absolute atomic E-state index is 5.44. The highest BCUT2D eigenvalue weighted by Gasteiger charge is 2.19. The zero-order chi connectivity index (χ0) is 12.1. The molecule has 0 saturated carbocycles. The minimum atomic E-state index is -0.0571. The van der Waals surface area contributed by atoms with Gasteiger partial charge in [0.2, 0.25) is 0 Å². The van der Waals surface area contributed by atoms with E-state index >= 15 is 0 Å². The molecule has 0 saturated heterocycles. The molecule has 4 heteroatoms. The summed E-state index contributed by atoms with van der Waals surface area (Å²) in [5, 5.41) is 3.35. The van der Waals surface area contributed by atoms with Gasteiger partial charge in [0, 0.05) is 32.4 Å². The standard InChI is InChI=1S/C13H15N3O/c1-3-4-7-14-12(11-6-5-10-17-11)13-15-8-9-16(13)2/h1,5-6,8-10,12,14H,4,7H2,2H3. The zero-order valence-electron chi connectivity index (χ0n) is 9.76. The van der Waals surface area contributed by atoms with Gasteiger partial charge < -0.3 is 14.3 Å². The number of rotatable bonds is 5. The summed E-state index contributed by atoms with van der Waals surface area (Å²) in [4.78, 5) is 4.34. The number of hydrogen-bond donors (Lipinski definition) is 1. The lowest BCUT2D eigenvalue weighted by atomic mass is 10.2. The van der Waals surface area contributed by atoms with Crippen LogP contribution in [0.5, 0.6) is 0 Å². The van der Waals surface area contributed by atoms with Gasteiger partial charge in [0.05, 0.1) is 6.26 Å². The lowest BCUT2D eigenvalue weighted by molar-refractivity contribution is 0.433. The molecule has 88 valence electrons. The van der Waals surface area contributed by atoms with Crippen molar-refractivity contribution < 1.29 is 4.42 Å². The first kappa shape index (κ1) is 11.5. The van der Waals surface area contributed by atoms with Crippen LogP contribution in [-0.4, -0.2) is 16.1 Å². The molecule has 0 aliphatic heterocycles. The summed E-state index contributed by atoms with van der Waals surface area (Å²) in [5.74, 6) is 4.37. The molecule has 0 bridgehead atoms. The van der Waals surface area contributed by atoms with Crippen molar-refractivity contribution in [2.24, 2.45) is 7.05 Å². The average Bonchev–Trinajstić information content (AvgIpc) is 2.96. The van der Waals surface area contributed by atoms with Gasteiger partial charge in [-0.1, -0.05) is 0 Å². The smallest absolute Gasteiger partial charge is 0.133 e. The van der Waals surface area contributed by atoms with Crippen molar-refractivity contribution in [3.8, 4) is 12.3 Å². The molecule has 0 aliphatic carbocycles. The molecule has 0 aromatic carbocycles. The molecular formula is C13H15N3O. The zero-order valence-corrected chi connectivity index (χ0v) is 9.76. The second kappa shape index (κ2) is 5.37. The predicted molar refractivity (Wildman–Crippen MR) is 65.2 cm³/mol. The number of imidazole rings is 1. The Morgan fingerprint density at radius 3 is 3.12 bits per heavy atom. The molecule has 2 heterocycles. The Hall–Kier alpha value is -1.99. The van der Waals surface area contributed by atoms with E-state index in [1.165, 1.54) is 0 Å². The highest BCUT2D eigenvalue weighted by atomic mass is 16.3. The Balaban J connectivity index is 2.20. The van der Waals surface area contributed by atoms with Crippen LogP contribution in [0.2, 0.25) is 0 Å². The Morgan fingerprint density at radius 2 is 2.53 bits per heavy atom. The molecule has 1 atom stereocenters. The van der Waals surface area contributed by atoms with Crippen molar-refractivity contribution in [1.82, 2.24) is 14.9 Å². The van der Waals surface area contributed by atoms with Crippen LogP contribution < -0.4 is 5.32 Å². The molecule has 4 nitrogen and oxygen atoms in total. The van der Waals surface area contributed by atoms with Gasteiger partial charge in [-0.25, -0.2) is 4.98 Å². The third-order valence-corrected chi connectivity index (χ3v) is 2.56. The van der Waals surface area contributed by atoms with Gasteiger partial charge in [0.1, 0.15) is 17.6 Å². The van der Waals surface area contributed by atoms with Crippen LogP contribution in [0.25, 0.3) is 0 Å². The molecule has 0 radical (unpaired) electrons. The van der Waals surface area contributed by atoms with E-state index in [1.54, 1.807) is 12.5 Å². The van der Waals surface area contributed by atoms with Gasteiger partial charge in [-0.05, 0) is 12.1 Å². The number of furan rings is 1. The largest absolute Gasteiger partial charge is 0.467 e. The molecular weight excluding hydrogens is 214 g/mol. The second-order valence-corrected chi connectivity index (χ2v) is 3.75. The first-order valence-corrected chi connectivity index (χ1v) is 5.50. The van der Waals surface area contributed by atoms with Crippen LogP contribution >= 0.6 is 0 Å². The molecule has 1 N–H and O–H groups in total.